The van der Waals surface area contributed by atoms with Crippen LogP contribution in [0.2, 0.25) is 0 Å². The van der Waals surface area contributed by atoms with Crippen molar-refractivity contribution in [3.05, 3.63) is 47.3 Å². The summed E-state index contributed by atoms with van der Waals surface area (Å²) >= 11 is 0. The maximum Gasteiger partial charge on any atom is 0.416 e. The summed E-state index contributed by atoms with van der Waals surface area (Å²) in [5.74, 6) is -0.465. The van der Waals surface area contributed by atoms with Gasteiger partial charge in [-0.1, -0.05) is 38.1 Å². The maximum atomic E-state index is 13.9. The zero-order valence-corrected chi connectivity index (χ0v) is 21.1. The number of carbonyl (C=O) groups is 2. The molecule has 11 heteroatoms. The smallest absolute Gasteiger partial charge is 0.391 e. The van der Waals surface area contributed by atoms with Crippen molar-refractivity contribution in [3.63, 3.8) is 0 Å². The highest BCUT2D eigenvalue weighted by Crippen LogP contribution is 2.47. The number of likely N-dealkylation sites (tertiary alicyclic amines) is 1. The van der Waals surface area contributed by atoms with Crippen molar-refractivity contribution in [2.24, 2.45) is 5.41 Å². The van der Waals surface area contributed by atoms with E-state index in [-0.39, 0.29) is 18.9 Å². The van der Waals surface area contributed by atoms with Gasteiger partial charge in [0.15, 0.2) is 0 Å². The van der Waals surface area contributed by atoms with Gasteiger partial charge in [0.1, 0.15) is 12.1 Å². The SMILES string of the molecule is CC(C)(C)[C@@H](C(=O)N1C[C@H](O)C[C@H]1C(=O)NC1(c2cccc(C(F)(F)F)c2)CC1)n1cc(C2CC2)nn1. The van der Waals surface area contributed by atoms with Gasteiger partial charge >= 0.3 is 6.18 Å². The highest BCUT2D eigenvalue weighted by molar-refractivity contribution is 5.91. The molecule has 2 heterocycles. The first-order valence-electron chi connectivity index (χ1n) is 12.7. The third kappa shape index (κ3) is 5.10. The van der Waals surface area contributed by atoms with Crippen LogP contribution in [0.5, 0.6) is 0 Å². The second kappa shape index (κ2) is 8.82. The normalized spacial score (nSPS) is 24.1. The highest BCUT2D eigenvalue weighted by Gasteiger charge is 2.51. The molecule has 0 bridgehead atoms. The average Bonchev–Trinajstić information content (AvgIpc) is 3.72. The highest BCUT2D eigenvalue weighted by atomic mass is 19.4. The number of hydrogen-bond donors (Lipinski definition) is 2. The number of nitrogens with zero attached hydrogens (tertiary/aromatic N) is 4. The molecule has 2 amide bonds. The molecule has 37 heavy (non-hydrogen) atoms. The number of aliphatic hydroxyl groups excluding tert-OH is 1. The van der Waals surface area contributed by atoms with Crippen molar-refractivity contribution >= 4 is 11.8 Å². The van der Waals surface area contributed by atoms with Crippen LogP contribution in [-0.4, -0.2) is 55.5 Å². The van der Waals surface area contributed by atoms with E-state index in [0.717, 1.165) is 30.7 Å². The molecule has 0 radical (unpaired) electrons. The zero-order chi connectivity index (χ0) is 26.8. The number of rotatable bonds is 6. The quantitative estimate of drug-likeness (QED) is 0.608. The molecule has 3 atom stereocenters. The van der Waals surface area contributed by atoms with Crippen LogP contribution in [0.25, 0.3) is 0 Å². The predicted molar refractivity (Wildman–Crippen MR) is 127 cm³/mol. The predicted octanol–water partition coefficient (Wildman–Crippen LogP) is 3.53. The molecule has 1 aromatic heterocycles. The largest absolute Gasteiger partial charge is 0.416 e. The fourth-order valence-corrected chi connectivity index (χ4v) is 5.25. The van der Waals surface area contributed by atoms with Crippen molar-refractivity contribution in [1.29, 1.82) is 0 Å². The number of benzene rings is 1. The fraction of sp³-hybridized carbons (Fsp3) is 0.615. The van der Waals surface area contributed by atoms with Crippen molar-refractivity contribution in [3.8, 4) is 0 Å². The summed E-state index contributed by atoms with van der Waals surface area (Å²) in [7, 11) is 0. The fourth-order valence-electron chi connectivity index (χ4n) is 5.25. The Labute approximate surface area is 213 Å². The van der Waals surface area contributed by atoms with Gasteiger partial charge in [-0.25, -0.2) is 4.68 Å². The summed E-state index contributed by atoms with van der Waals surface area (Å²) in [6, 6.07) is 3.29. The van der Waals surface area contributed by atoms with E-state index in [2.05, 4.69) is 15.6 Å². The number of alkyl halides is 3. The zero-order valence-electron chi connectivity index (χ0n) is 21.1. The molecule has 1 aromatic carbocycles. The van der Waals surface area contributed by atoms with Gasteiger partial charge in [0.2, 0.25) is 11.8 Å². The van der Waals surface area contributed by atoms with E-state index in [4.69, 9.17) is 0 Å². The number of aliphatic hydroxyl groups is 1. The molecule has 8 nitrogen and oxygen atoms in total. The van der Waals surface area contributed by atoms with Crippen LogP contribution >= 0.6 is 0 Å². The molecule has 3 fully saturated rings. The molecule has 3 aliphatic rings. The van der Waals surface area contributed by atoms with E-state index < -0.39 is 46.8 Å². The van der Waals surface area contributed by atoms with Crippen LogP contribution in [0.3, 0.4) is 0 Å². The minimum atomic E-state index is -4.49. The Hall–Kier alpha value is -2.95. The molecular weight excluding hydrogens is 487 g/mol. The number of halogens is 3. The first kappa shape index (κ1) is 25.7. The molecule has 2 saturated carbocycles. The van der Waals surface area contributed by atoms with Gasteiger partial charge in [-0.15, -0.1) is 5.10 Å². The number of aromatic nitrogens is 3. The Balaban J connectivity index is 1.37. The van der Waals surface area contributed by atoms with Gasteiger partial charge in [0, 0.05) is 25.1 Å². The van der Waals surface area contributed by atoms with Gasteiger partial charge in [0.05, 0.1) is 22.9 Å². The third-order valence-electron chi connectivity index (χ3n) is 7.56. The summed E-state index contributed by atoms with van der Waals surface area (Å²) in [5.41, 5.74) is -1.01. The van der Waals surface area contributed by atoms with Gasteiger partial charge in [0.25, 0.3) is 0 Å². The summed E-state index contributed by atoms with van der Waals surface area (Å²) in [6.07, 6.45) is -0.452. The Morgan fingerprint density at radius 2 is 1.89 bits per heavy atom. The second-order valence-electron chi connectivity index (χ2n) is 11.7. The van der Waals surface area contributed by atoms with Crippen LogP contribution in [0.4, 0.5) is 13.2 Å². The van der Waals surface area contributed by atoms with Crippen molar-refractivity contribution in [2.75, 3.05) is 6.54 Å². The number of hydrogen-bond acceptors (Lipinski definition) is 5. The van der Waals surface area contributed by atoms with Crippen LogP contribution in [0.1, 0.15) is 81.7 Å². The van der Waals surface area contributed by atoms with Crippen LogP contribution in [0.15, 0.2) is 30.5 Å². The van der Waals surface area contributed by atoms with Crippen LogP contribution in [-0.2, 0) is 21.3 Å². The second-order valence-corrected chi connectivity index (χ2v) is 11.7. The van der Waals surface area contributed by atoms with Gasteiger partial charge < -0.3 is 15.3 Å². The first-order chi connectivity index (χ1) is 17.3. The standard InChI is InChI=1S/C26H32F3N5O3/c1-24(2,3)21(34-14-19(31-32-34)15-7-8-15)23(37)33-13-18(35)12-20(33)22(36)30-25(9-10-25)16-5-4-6-17(11-16)26(27,28)29/h4-6,11,14-15,18,20-21,35H,7-10,12-13H2,1-3H3,(H,30,36)/t18-,20+,21-/m1/s1. The van der Waals surface area contributed by atoms with Gasteiger partial charge in [-0.2, -0.15) is 13.2 Å². The Kier molecular flexibility index (Phi) is 6.12. The summed E-state index contributed by atoms with van der Waals surface area (Å²) in [5, 5.41) is 21.8. The number of β-amino-alcohol motifs (C(OH)–C–C–N with tert-alkyl or cyclic N) is 1. The molecule has 0 spiro atoms. The van der Waals surface area contributed by atoms with Crippen LogP contribution in [0, 0.1) is 5.41 Å². The Bertz CT molecular complexity index is 1200. The van der Waals surface area contributed by atoms with E-state index >= 15 is 0 Å². The van der Waals surface area contributed by atoms with Gasteiger partial charge in [-0.3, -0.25) is 9.59 Å². The van der Waals surface area contributed by atoms with Crippen molar-refractivity contribution in [2.45, 2.75) is 88.7 Å². The summed E-state index contributed by atoms with van der Waals surface area (Å²) in [4.78, 5) is 28.7. The molecule has 0 unspecified atom stereocenters. The van der Waals surface area contributed by atoms with E-state index in [0.29, 0.717) is 24.3 Å². The third-order valence-corrected chi connectivity index (χ3v) is 7.56. The minimum Gasteiger partial charge on any atom is -0.391 e. The monoisotopic (exact) mass is 519 g/mol. The molecule has 2 aromatic rings. The van der Waals surface area contributed by atoms with Crippen LogP contribution < -0.4 is 5.32 Å². The number of nitrogens with one attached hydrogen (secondary N) is 1. The van der Waals surface area contributed by atoms with E-state index in [1.165, 1.54) is 11.0 Å². The number of amides is 2. The summed E-state index contributed by atoms with van der Waals surface area (Å²) in [6.45, 7) is 5.71. The number of carbonyl (C=O) groups excluding carboxylic acids is 2. The molecule has 1 saturated heterocycles. The van der Waals surface area contributed by atoms with Crippen molar-refractivity contribution in [1.82, 2.24) is 25.2 Å². The molecule has 2 N–H and O–H groups in total. The lowest BCUT2D eigenvalue weighted by Gasteiger charge is -2.35. The maximum absolute atomic E-state index is 13.9. The molecule has 1 aliphatic heterocycles. The minimum absolute atomic E-state index is 0.00968. The Morgan fingerprint density at radius 1 is 1.19 bits per heavy atom. The molecule has 200 valence electrons. The molecular formula is C26H32F3N5O3. The molecule has 5 rings (SSSR count). The lowest BCUT2D eigenvalue weighted by molar-refractivity contribution is -0.144. The van der Waals surface area contributed by atoms with Crippen molar-refractivity contribution < 1.29 is 27.9 Å². The van der Waals surface area contributed by atoms with Gasteiger partial charge in [-0.05, 0) is 48.8 Å². The lowest BCUT2D eigenvalue weighted by atomic mass is 9.85. The Morgan fingerprint density at radius 3 is 2.49 bits per heavy atom. The summed E-state index contributed by atoms with van der Waals surface area (Å²) < 4.78 is 41.3. The van der Waals surface area contributed by atoms with E-state index in [1.54, 1.807) is 16.9 Å². The first-order valence-corrected chi connectivity index (χ1v) is 12.7. The van der Waals surface area contributed by atoms with E-state index in [1.807, 2.05) is 20.8 Å². The van der Waals surface area contributed by atoms with E-state index in [9.17, 15) is 27.9 Å². The topological polar surface area (TPSA) is 100 Å². The average molecular weight is 520 g/mol. The molecule has 2 aliphatic carbocycles. The lowest BCUT2D eigenvalue weighted by Crippen LogP contribution is -2.52.